The average molecular weight is 245 g/mol. The third-order valence-corrected chi connectivity index (χ3v) is 3.07. The minimum Gasteiger partial charge on any atom is -0.497 e. The van der Waals surface area contributed by atoms with Crippen molar-refractivity contribution in [3.8, 4) is 5.75 Å². The van der Waals surface area contributed by atoms with Crippen LogP contribution in [0.5, 0.6) is 5.75 Å². The van der Waals surface area contributed by atoms with E-state index in [0.717, 1.165) is 11.1 Å². The fourth-order valence-electron chi connectivity index (χ4n) is 1.99. The van der Waals surface area contributed by atoms with Gasteiger partial charge in [-0.25, -0.2) is 4.39 Å². The van der Waals surface area contributed by atoms with Gasteiger partial charge in [0.05, 0.1) is 13.2 Å². The highest BCUT2D eigenvalue weighted by Gasteiger charge is 2.15. The second-order valence-corrected chi connectivity index (χ2v) is 4.22. The summed E-state index contributed by atoms with van der Waals surface area (Å²) in [6.07, 6.45) is 0. The van der Waals surface area contributed by atoms with Crippen molar-refractivity contribution in [3.63, 3.8) is 0 Å². The fourth-order valence-corrected chi connectivity index (χ4v) is 1.99. The first-order chi connectivity index (χ1) is 8.63. The summed E-state index contributed by atoms with van der Waals surface area (Å²) < 4.78 is 18.9. The first kappa shape index (κ1) is 12.6. The molecule has 2 rings (SSSR count). The number of methoxy groups -OCH3 is 1. The van der Waals surface area contributed by atoms with Gasteiger partial charge in [0.2, 0.25) is 0 Å². The molecule has 1 atom stereocenters. The van der Waals surface area contributed by atoms with Gasteiger partial charge in [-0.3, -0.25) is 0 Å². The van der Waals surface area contributed by atoms with Crippen molar-refractivity contribution in [1.29, 1.82) is 0 Å². The second kappa shape index (κ2) is 5.19. The Hall–Kier alpha value is -1.87. The molecule has 94 valence electrons. The lowest BCUT2D eigenvalue weighted by Crippen LogP contribution is -2.14. The molecule has 0 radical (unpaired) electrons. The number of nitrogens with two attached hydrogens (primary N) is 1. The highest BCUT2D eigenvalue weighted by Crippen LogP contribution is 2.26. The van der Waals surface area contributed by atoms with Crippen molar-refractivity contribution in [3.05, 3.63) is 65.0 Å². The maximum absolute atomic E-state index is 13.9. The second-order valence-electron chi connectivity index (χ2n) is 4.22. The summed E-state index contributed by atoms with van der Waals surface area (Å²) in [6, 6.07) is 12.0. The molecule has 0 spiro atoms. The Morgan fingerprint density at radius 3 is 2.44 bits per heavy atom. The lowest BCUT2D eigenvalue weighted by atomic mass is 9.95. The van der Waals surface area contributed by atoms with Crippen molar-refractivity contribution < 1.29 is 9.13 Å². The topological polar surface area (TPSA) is 35.2 Å². The number of benzene rings is 2. The van der Waals surface area contributed by atoms with Gasteiger partial charge in [-0.05, 0) is 24.1 Å². The van der Waals surface area contributed by atoms with Gasteiger partial charge in [0, 0.05) is 11.6 Å². The van der Waals surface area contributed by atoms with E-state index in [1.54, 1.807) is 12.1 Å². The fraction of sp³-hybridized carbons (Fsp3) is 0.200. The molecule has 0 aliphatic rings. The summed E-state index contributed by atoms with van der Waals surface area (Å²) in [5, 5.41) is 0. The summed E-state index contributed by atoms with van der Waals surface area (Å²) in [4.78, 5) is 0. The first-order valence-electron chi connectivity index (χ1n) is 5.78. The lowest BCUT2D eigenvalue weighted by molar-refractivity contribution is 0.410. The van der Waals surface area contributed by atoms with Gasteiger partial charge < -0.3 is 10.5 Å². The van der Waals surface area contributed by atoms with Gasteiger partial charge in [-0.15, -0.1) is 0 Å². The molecule has 0 amide bonds. The van der Waals surface area contributed by atoms with Crippen LogP contribution >= 0.6 is 0 Å². The first-order valence-corrected chi connectivity index (χ1v) is 5.78. The Kier molecular flexibility index (Phi) is 3.63. The largest absolute Gasteiger partial charge is 0.497 e. The molecule has 0 saturated heterocycles. The van der Waals surface area contributed by atoms with E-state index in [1.165, 1.54) is 13.2 Å². The number of halogens is 1. The molecule has 18 heavy (non-hydrogen) atoms. The van der Waals surface area contributed by atoms with Gasteiger partial charge in [-0.1, -0.05) is 30.3 Å². The molecule has 0 heterocycles. The van der Waals surface area contributed by atoms with E-state index in [9.17, 15) is 4.39 Å². The highest BCUT2D eigenvalue weighted by molar-refractivity contribution is 5.39. The van der Waals surface area contributed by atoms with Crippen molar-refractivity contribution in [2.45, 2.75) is 13.0 Å². The summed E-state index contributed by atoms with van der Waals surface area (Å²) in [7, 11) is 1.51. The van der Waals surface area contributed by atoms with Crippen molar-refractivity contribution in [2.75, 3.05) is 7.11 Å². The number of aryl methyl sites for hydroxylation is 1. The number of hydrogen-bond acceptors (Lipinski definition) is 2. The number of ether oxygens (including phenoxy) is 1. The van der Waals surface area contributed by atoms with E-state index >= 15 is 0 Å². The van der Waals surface area contributed by atoms with Crippen LogP contribution in [0.2, 0.25) is 0 Å². The van der Waals surface area contributed by atoms with E-state index in [0.29, 0.717) is 11.3 Å². The van der Waals surface area contributed by atoms with Gasteiger partial charge in [0.25, 0.3) is 0 Å². The van der Waals surface area contributed by atoms with Crippen LogP contribution in [0.15, 0.2) is 42.5 Å². The van der Waals surface area contributed by atoms with Crippen LogP contribution in [-0.4, -0.2) is 7.11 Å². The molecule has 2 aromatic carbocycles. The Labute approximate surface area is 106 Å². The zero-order valence-corrected chi connectivity index (χ0v) is 10.5. The smallest absolute Gasteiger partial charge is 0.132 e. The van der Waals surface area contributed by atoms with E-state index < -0.39 is 6.04 Å². The summed E-state index contributed by atoms with van der Waals surface area (Å²) in [5.74, 6) is 0.151. The van der Waals surface area contributed by atoms with E-state index in [-0.39, 0.29) is 5.82 Å². The Balaban J connectivity index is 2.40. The van der Waals surface area contributed by atoms with Crippen LogP contribution in [0, 0.1) is 12.7 Å². The summed E-state index contributed by atoms with van der Waals surface area (Å²) in [5.41, 5.74) is 8.59. The van der Waals surface area contributed by atoms with Gasteiger partial charge in [-0.2, -0.15) is 0 Å². The van der Waals surface area contributed by atoms with Crippen LogP contribution in [0.1, 0.15) is 22.7 Å². The van der Waals surface area contributed by atoms with Crippen LogP contribution in [0.25, 0.3) is 0 Å². The quantitative estimate of drug-likeness (QED) is 0.901. The van der Waals surface area contributed by atoms with E-state index in [2.05, 4.69) is 0 Å². The van der Waals surface area contributed by atoms with Gasteiger partial charge in [0.1, 0.15) is 11.6 Å². The maximum Gasteiger partial charge on any atom is 0.132 e. The molecule has 0 saturated carbocycles. The maximum atomic E-state index is 13.9. The van der Waals surface area contributed by atoms with Crippen LogP contribution < -0.4 is 10.5 Å². The molecule has 0 fully saturated rings. The van der Waals surface area contributed by atoms with Crippen LogP contribution in [-0.2, 0) is 0 Å². The molecule has 0 bridgehead atoms. The van der Waals surface area contributed by atoms with E-state index in [4.69, 9.17) is 10.5 Å². The molecule has 0 aromatic heterocycles. The lowest BCUT2D eigenvalue weighted by Gasteiger charge is -2.16. The van der Waals surface area contributed by atoms with Crippen molar-refractivity contribution in [2.24, 2.45) is 5.73 Å². The molecule has 0 aliphatic carbocycles. The van der Waals surface area contributed by atoms with Crippen LogP contribution in [0.3, 0.4) is 0 Å². The Bertz CT molecular complexity index is 554. The molecule has 2 nitrogen and oxygen atoms in total. The van der Waals surface area contributed by atoms with Gasteiger partial charge in [0.15, 0.2) is 0 Å². The molecular weight excluding hydrogens is 229 g/mol. The predicted octanol–water partition coefficient (Wildman–Crippen LogP) is 3.19. The minimum absolute atomic E-state index is 0.342. The average Bonchev–Trinajstić information content (AvgIpc) is 2.38. The molecule has 3 heteroatoms. The van der Waals surface area contributed by atoms with Crippen LogP contribution in [0.4, 0.5) is 4.39 Å². The zero-order chi connectivity index (χ0) is 13.1. The SMILES string of the molecule is COc1ccc(C(N)c2ccccc2C)c(F)c1. The van der Waals surface area contributed by atoms with Crippen molar-refractivity contribution >= 4 is 0 Å². The van der Waals surface area contributed by atoms with E-state index in [1.807, 2.05) is 31.2 Å². The molecule has 1 unspecified atom stereocenters. The number of hydrogen-bond donors (Lipinski definition) is 1. The highest BCUT2D eigenvalue weighted by atomic mass is 19.1. The third kappa shape index (κ3) is 2.36. The predicted molar refractivity (Wildman–Crippen MR) is 70.2 cm³/mol. The molecule has 2 N–H and O–H groups in total. The molecule has 0 aliphatic heterocycles. The molecular formula is C15H16FNO. The third-order valence-electron chi connectivity index (χ3n) is 3.07. The zero-order valence-electron chi connectivity index (χ0n) is 10.5. The molecule has 2 aromatic rings. The van der Waals surface area contributed by atoms with Gasteiger partial charge >= 0.3 is 0 Å². The van der Waals surface area contributed by atoms with Crippen molar-refractivity contribution in [1.82, 2.24) is 0 Å². The standard InChI is InChI=1S/C15H16FNO/c1-10-5-3-4-6-12(10)15(17)13-8-7-11(18-2)9-14(13)16/h3-9,15H,17H2,1-2H3. The monoisotopic (exact) mass is 245 g/mol. The Morgan fingerprint density at radius 1 is 1.11 bits per heavy atom. The number of rotatable bonds is 3. The summed E-state index contributed by atoms with van der Waals surface area (Å²) >= 11 is 0. The summed E-state index contributed by atoms with van der Waals surface area (Å²) in [6.45, 7) is 1.97. The minimum atomic E-state index is -0.461. The Morgan fingerprint density at radius 2 is 1.83 bits per heavy atom. The normalized spacial score (nSPS) is 12.2.